The van der Waals surface area contributed by atoms with Crippen LogP contribution in [0, 0.1) is 12.3 Å². The predicted molar refractivity (Wildman–Crippen MR) is 126 cm³/mol. The Morgan fingerprint density at radius 3 is 2.34 bits per heavy atom. The van der Waals surface area contributed by atoms with Crippen molar-refractivity contribution in [1.29, 1.82) is 0 Å². The number of carbonyl (C=O) groups excluding carboxylic acids is 2. The SMILES string of the molecule is C#Cc1cccc(NC(=O)CN(C)C(=O)CCNS(=O)(=O)c2ccc(C(C)(C)C)cc2)c1. The van der Waals surface area contributed by atoms with E-state index in [1.807, 2.05) is 20.8 Å². The van der Waals surface area contributed by atoms with E-state index in [1.54, 1.807) is 48.5 Å². The number of hydrogen-bond acceptors (Lipinski definition) is 4. The predicted octanol–water partition coefficient (Wildman–Crippen LogP) is 2.73. The van der Waals surface area contributed by atoms with Crippen molar-refractivity contribution in [2.75, 3.05) is 25.5 Å². The van der Waals surface area contributed by atoms with E-state index in [9.17, 15) is 18.0 Å². The van der Waals surface area contributed by atoms with E-state index in [4.69, 9.17) is 6.42 Å². The maximum absolute atomic E-state index is 12.5. The number of carbonyl (C=O) groups is 2. The number of sulfonamides is 1. The highest BCUT2D eigenvalue weighted by atomic mass is 32.2. The summed E-state index contributed by atoms with van der Waals surface area (Å²) in [7, 11) is -2.24. The average Bonchev–Trinajstić information content (AvgIpc) is 2.73. The molecule has 2 amide bonds. The summed E-state index contributed by atoms with van der Waals surface area (Å²) < 4.78 is 27.4. The van der Waals surface area contributed by atoms with Crippen LogP contribution >= 0.6 is 0 Å². The zero-order chi connectivity index (χ0) is 23.9. The van der Waals surface area contributed by atoms with E-state index in [0.29, 0.717) is 11.3 Å². The Kier molecular flexibility index (Phi) is 8.19. The van der Waals surface area contributed by atoms with Crippen molar-refractivity contribution in [1.82, 2.24) is 9.62 Å². The Bertz CT molecular complexity index is 1110. The molecule has 0 aliphatic heterocycles. The van der Waals surface area contributed by atoms with E-state index in [2.05, 4.69) is 16.0 Å². The molecule has 2 N–H and O–H groups in total. The number of amides is 2. The van der Waals surface area contributed by atoms with Crippen molar-refractivity contribution >= 4 is 27.5 Å². The van der Waals surface area contributed by atoms with E-state index in [0.717, 1.165) is 5.56 Å². The highest BCUT2D eigenvalue weighted by molar-refractivity contribution is 7.89. The number of nitrogens with zero attached hydrogens (tertiary/aromatic N) is 1. The van der Waals surface area contributed by atoms with Gasteiger partial charge in [-0.05, 0) is 41.3 Å². The van der Waals surface area contributed by atoms with Gasteiger partial charge in [0.15, 0.2) is 0 Å². The summed E-state index contributed by atoms with van der Waals surface area (Å²) in [6, 6.07) is 13.5. The Morgan fingerprint density at radius 2 is 1.75 bits per heavy atom. The standard InChI is InChI=1S/C24H29N3O4S/c1-6-18-8-7-9-20(16-18)26-22(28)17-27(5)23(29)14-15-25-32(30,31)21-12-10-19(11-13-21)24(2,3)4/h1,7-13,16,25H,14-15,17H2,2-5H3,(H,26,28). The maximum Gasteiger partial charge on any atom is 0.243 e. The molecule has 2 rings (SSSR count). The average molecular weight is 456 g/mol. The Balaban J connectivity index is 1.84. The van der Waals surface area contributed by atoms with Gasteiger partial charge in [-0.2, -0.15) is 0 Å². The van der Waals surface area contributed by atoms with Crippen LogP contribution in [0.3, 0.4) is 0 Å². The van der Waals surface area contributed by atoms with E-state index >= 15 is 0 Å². The van der Waals surface area contributed by atoms with Crippen LogP contribution < -0.4 is 10.0 Å². The fourth-order valence-electron chi connectivity index (χ4n) is 2.89. The number of likely N-dealkylation sites (N-methyl/N-ethyl adjacent to an activating group) is 1. The molecule has 0 saturated carbocycles. The fourth-order valence-corrected chi connectivity index (χ4v) is 3.92. The van der Waals surface area contributed by atoms with Crippen LogP contribution in [-0.2, 0) is 25.0 Å². The lowest BCUT2D eigenvalue weighted by atomic mass is 9.87. The number of rotatable bonds is 8. The van der Waals surface area contributed by atoms with Crippen LogP contribution in [0.15, 0.2) is 53.4 Å². The zero-order valence-corrected chi connectivity index (χ0v) is 19.6. The molecule has 0 bridgehead atoms. The monoisotopic (exact) mass is 455 g/mol. The quantitative estimate of drug-likeness (QED) is 0.599. The third-order valence-corrected chi connectivity index (χ3v) is 6.26. The van der Waals surface area contributed by atoms with Gasteiger partial charge in [0.1, 0.15) is 0 Å². The lowest BCUT2D eigenvalue weighted by Crippen LogP contribution is -2.37. The van der Waals surface area contributed by atoms with Gasteiger partial charge < -0.3 is 10.2 Å². The van der Waals surface area contributed by atoms with Gasteiger partial charge >= 0.3 is 0 Å². The highest BCUT2D eigenvalue weighted by Crippen LogP contribution is 2.23. The van der Waals surface area contributed by atoms with Gasteiger partial charge in [-0.1, -0.05) is 44.9 Å². The number of anilines is 1. The fraction of sp³-hybridized carbons (Fsp3) is 0.333. The van der Waals surface area contributed by atoms with Gasteiger partial charge in [0.25, 0.3) is 0 Å². The van der Waals surface area contributed by atoms with Crippen LogP contribution in [0.25, 0.3) is 0 Å². The topological polar surface area (TPSA) is 95.6 Å². The van der Waals surface area contributed by atoms with Crippen LogP contribution in [0.5, 0.6) is 0 Å². The van der Waals surface area contributed by atoms with Crippen molar-refractivity contribution < 1.29 is 18.0 Å². The third-order valence-electron chi connectivity index (χ3n) is 4.78. The second kappa shape index (κ2) is 10.4. The molecule has 2 aromatic carbocycles. The zero-order valence-electron chi connectivity index (χ0n) is 18.8. The van der Waals surface area contributed by atoms with Gasteiger partial charge in [-0.3, -0.25) is 9.59 Å². The van der Waals surface area contributed by atoms with E-state index in [1.165, 1.54) is 11.9 Å². The van der Waals surface area contributed by atoms with E-state index < -0.39 is 10.0 Å². The minimum Gasteiger partial charge on any atom is -0.336 e. The number of nitrogens with one attached hydrogen (secondary N) is 2. The van der Waals surface area contributed by atoms with Gasteiger partial charge in [0.2, 0.25) is 21.8 Å². The summed E-state index contributed by atoms with van der Waals surface area (Å²) in [5.41, 5.74) is 2.12. The van der Waals surface area contributed by atoms with Gasteiger partial charge in [0.05, 0.1) is 11.4 Å². The summed E-state index contributed by atoms with van der Waals surface area (Å²) in [5, 5.41) is 2.68. The first kappa shape index (κ1) is 25.1. The molecule has 32 heavy (non-hydrogen) atoms. The molecule has 0 aromatic heterocycles. The summed E-state index contributed by atoms with van der Waals surface area (Å²) in [6.07, 6.45) is 5.27. The molecule has 0 heterocycles. The summed E-state index contributed by atoms with van der Waals surface area (Å²) in [6.45, 7) is 5.90. The third kappa shape index (κ3) is 7.22. The first-order chi connectivity index (χ1) is 14.9. The Hall–Kier alpha value is -3.15. The van der Waals surface area contributed by atoms with Crippen molar-refractivity contribution in [3.8, 4) is 12.3 Å². The molecular formula is C24H29N3O4S. The van der Waals surface area contributed by atoms with Gasteiger partial charge in [-0.25, -0.2) is 13.1 Å². The molecule has 8 heteroatoms. The second-order valence-electron chi connectivity index (χ2n) is 8.45. The second-order valence-corrected chi connectivity index (χ2v) is 10.2. The molecule has 0 spiro atoms. The smallest absolute Gasteiger partial charge is 0.243 e. The van der Waals surface area contributed by atoms with Crippen molar-refractivity contribution in [2.24, 2.45) is 0 Å². The Morgan fingerprint density at radius 1 is 1.09 bits per heavy atom. The van der Waals surface area contributed by atoms with Gasteiger partial charge in [-0.15, -0.1) is 6.42 Å². The summed E-state index contributed by atoms with van der Waals surface area (Å²) in [4.78, 5) is 25.8. The van der Waals surface area contributed by atoms with Gasteiger partial charge in [0, 0.05) is 31.3 Å². The molecule has 0 radical (unpaired) electrons. The minimum atomic E-state index is -3.73. The molecule has 7 nitrogen and oxygen atoms in total. The first-order valence-corrected chi connectivity index (χ1v) is 11.6. The molecule has 0 aliphatic rings. The van der Waals surface area contributed by atoms with Crippen molar-refractivity contribution in [3.63, 3.8) is 0 Å². The lowest BCUT2D eigenvalue weighted by Gasteiger charge is -2.19. The summed E-state index contributed by atoms with van der Waals surface area (Å²) >= 11 is 0. The van der Waals surface area contributed by atoms with Crippen molar-refractivity contribution in [3.05, 3.63) is 59.7 Å². The largest absolute Gasteiger partial charge is 0.336 e. The lowest BCUT2D eigenvalue weighted by molar-refractivity contribution is -0.133. The van der Waals surface area contributed by atoms with Crippen LogP contribution in [0.2, 0.25) is 0 Å². The van der Waals surface area contributed by atoms with Crippen LogP contribution in [0.4, 0.5) is 5.69 Å². The van der Waals surface area contributed by atoms with Crippen molar-refractivity contribution in [2.45, 2.75) is 37.5 Å². The maximum atomic E-state index is 12.5. The van der Waals surface area contributed by atoms with Crippen LogP contribution in [0.1, 0.15) is 38.3 Å². The molecule has 0 saturated heterocycles. The molecule has 0 atom stereocenters. The molecule has 2 aromatic rings. The molecule has 0 aliphatic carbocycles. The van der Waals surface area contributed by atoms with E-state index in [-0.39, 0.29) is 41.6 Å². The highest BCUT2D eigenvalue weighted by Gasteiger charge is 2.19. The molecule has 0 fully saturated rings. The summed E-state index contributed by atoms with van der Waals surface area (Å²) in [5.74, 6) is 1.75. The Labute approximate surface area is 190 Å². The normalized spacial score (nSPS) is 11.5. The molecule has 170 valence electrons. The first-order valence-electron chi connectivity index (χ1n) is 10.1. The number of terminal acetylenes is 1. The minimum absolute atomic E-state index is 0.0711. The molecular weight excluding hydrogens is 426 g/mol. The van der Waals surface area contributed by atoms with Crippen LogP contribution in [-0.4, -0.2) is 45.3 Å². The number of benzene rings is 2. The molecule has 0 unspecified atom stereocenters. The number of hydrogen-bond donors (Lipinski definition) is 2.